The first-order valence-electron chi connectivity index (χ1n) is 13.0. The minimum atomic E-state index is -0.632. The molecule has 0 aliphatic carbocycles. The zero-order valence-corrected chi connectivity index (χ0v) is 24.2. The molecule has 11 heteroatoms. The van der Waals surface area contributed by atoms with Gasteiger partial charge in [0.05, 0.1) is 11.4 Å². The molecule has 0 aromatic carbocycles. The molecule has 2 rings (SSSR count). The van der Waals surface area contributed by atoms with Crippen molar-refractivity contribution in [1.82, 2.24) is 20.1 Å². The molecular formula is C27H42N6O4S. The Kier molecular flexibility index (Phi) is 12.5. The summed E-state index contributed by atoms with van der Waals surface area (Å²) >= 11 is 1.34. The quantitative estimate of drug-likeness (QED) is 0.290. The predicted octanol–water partition coefficient (Wildman–Crippen LogP) is 5.40. The Hall–Kier alpha value is -3.18. The van der Waals surface area contributed by atoms with Crippen LogP contribution in [0.1, 0.15) is 69.4 Å². The molecule has 0 bridgehead atoms. The zero-order valence-electron chi connectivity index (χ0n) is 23.4. The van der Waals surface area contributed by atoms with Gasteiger partial charge in [-0.2, -0.15) is 0 Å². The number of pyridine rings is 1. The number of nitrogens with zero attached hydrogens (tertiary/aromatic N) is 3. The summed E-state index contributed by atoms with van der Waals surface area (Å²) in [4.78, 5) is 45.8. The van der Waals surface area contributed by atoms with Gasteiger partial charge in [-0.05, 0) is 52.9 Å². The number of nitrogens with one attached hydrogen (secondary N) is 3. The van der Waals surface area contributed by atoms with Crippen LogP contribution in [0, 0.1) is 0 Å². The van der Waals surface area contributed by atoms with Crippen molar-refractivity contribution in [3.8, 4) is 0 Å². The second-order valence-electron chi connectivity index (χ2n) is 10.3. The monoisotopic (exact) mass is 546 g/mol. The Bertz CT molecular complexity index is 1030. The van der Waals surface area contributed by atoms with E-state index in [9.17, 15) is 14.4 Å². The number of aromatic nitrogens is 1. The summed E-state index contributed by atoms with van der Waals surface area (Å²) in [6.07, 6.45) is 5.40. The minimum absolute atomic E-state index is 0.104. The SMILES string of the molecule is CCCCCCNC(=O)N(CCN(C)C)Cc1ccc(C(=O)Nc2cscc2NC(=O)OC(C)(C)C)nc1. The van der Waals surface area contributed by atoms with Gasteiger partial charge in [-0.3, -0.25) is 15.1 Å². The first kappa shape index (κ1) is 31.0. The third-order valence-corrected chi connectivity index (χ3v) is 6.13. The highest BCUT2D eigenvalue weighted by atomic mass is 32.1. The van der Waals surface area contributed by atoms with Crippen LogP contribution in [0.3, 0.4) is 0 Å². The molecule has 2 heterocycles. The molecule has 0 unspecified atom stereocenters. The molecule has 210 valence electrons. The van der Waals surface area contributed by atoms with Crippen LogP contribution in [0.4, 0.5) is 21.0 Å². The Morgan fingerprint density at radius 2 is 1.71 bits per heavy atom. The van der Waals surface area contributed by atoms with Crippen molar-refractivity contribution in [2.24, 2.45) is 0 Å². The first-order valence-corrected chi connectivity index (χ1v) is 13.9. The average Bonchev–Trinajstić information content (AvgIpc) is 3.26. The molecule has 0 fully saturated rings. The molecule has 0 aliphatic heterocycles. The lowest BCUT2D eigenvalue weighted by Gasteiger charge is -2.25. The number of hydrogen-bond acceptors (Lipinski definition) is 7. The topological polar surface area (TPSA) is 116 Å². The van der Waals surface area contributed by atoms with Gasteiger partial charge >= 0.3 is 12.1 Å². The second-order valence-corrected chi connectivity index (χ2v) is 11.1. The minimum Gasteiger partial charge on any atom is -0.444 e. The number of carbonyl (C=O) groups is 3. The van der Waals surface area contributed by atoms with E-state index in [1.807, 2.05) is 19.0 Å². The molecule has 10 nitrogen and oxygen atoms in total. The van der Waals surface area contributed by atoms with Crippen LogP contribution in [0.25, 0.3) is 0 Å². The molecule has 38 heavy (non-hydrogen) atoms. The Morgan fingerprint density at radius 1 is 1.00 bits per heavy atom. The molecule has 0 radical (unpaired) electrons. The zero-order chi connectivity index (χ0) is 28.1. The average molecular weight is 547 g/mol. The lowest BCUT2D eigenvalue weighted by molar-refractivity contribution is 0.0635. The van der Waals surface area contributed by atoms with Crippen LogP contribution in [0.5, 0.6) is 0 Å². The third-order valence-electron chi connectivity index (χ3n) is 5.39. The summed E-state index contributed by atoms with van der Waals surface area (Å²) in [5.74, 6) is -0.406. The van der Waals surface area contributed by atoms with Crippen LogP contribution in [0.15, 0.2) is 29.1 Å². The summed E-state index contributed by atoms with van der Waals surface area (Å²) < 4.78 is 5.28. The molecule has 0 aliphatic rings. The number of rotatable bonds is 13. The largest absolute Gasteiger partial charge is 0.444 e. The highest BCUT2D eigenvalue weighted by molar-refractivity contribution is 7.09. The van der Waals surface area contributed by atoms with Gasteiger partial charge in [0.25, 0.3) is 5.91 Å². The fourth-order valence-corrected chi connectivity index (χ4v) is 4.11. The number of amides is 4. The van der Waals surface area contributed by atoms with Gasteiger partial charge in [0.15, 0.2) is 0 Å². The van der Waals surface area contributed by atoms with Crippen LogP contribution >= 0.6 is 11.3 Å². The van der Waals surface area contributed by atoms with Crippen molar-refractivity contribution in [3.05, 3.63) is 40.3 Å². The normalized spacial score (nSPS) is 11.2. The van der Waals surface area contributed by atoms with Crippen molar-refractivity contribution in [1.29, 1.82) is 0 Å². The van der Waals surface area contributed by atoms with E-state index in [2.05, 4.69) is 27.9 Å². The molecule has 0 spiro atoms. The first-order chi connectivity index (χ1) is 18.0. The van der Waals surface area contributed by atoms with Crippen molar-refractivity contribution in [3.63, 3.8) is 0 Å². The van der Waals surface area contributed by atoms with E-state index >= 15 is 0 Å². The van der Waals surface area contributed by atoms with Crippen LogP contribution < -0.4 is 16.0 Å². The van der Waals surface area contributed by atoms with Crippen LogP contribution in [0.2, 0.25) is 0 Å². The standard InChI is InChI=1S/C27H42N6O4S/c1-7-8-9-10-13-28-25(35)33(15-14-32(5)6)17-20-11-12-21(29-16-20)24(34)30-22-18-38-19-23(22)31-26(36)37-27(2,3)4/h11-12,16,18-19H,7-10,13-15,17H2,1-6H3,(H,28,35)(H,30,34)(H,31,36). The van der Waals surface area contributed by atoms with Gasteiger partial charge < -0.3 is 25.2 Å². The molecule has 0 saturated carbocycles. The Morgan fingerprint density at radius 3 is 2.32 bits per heavy atom. The molecule has 0 saturated heterocycles. The number of unbranched alkanes of at least 4 members (excludes halogenated alkanes) is 3. The fourth-order valence-electron chi connectivity index (χ4n) is 3.40. The van der Waals surface area contributed by atoms with Gasteiger partial charge in [-0.1, -0.05) is 32.3 Å². The Balaban J connectivity index is 1.98. The predicted molar refractivity (Wildman–Crippen MR) is 153 cm³/mol. The molecule has 2 aromatic rings. The van der Waals surface area contributed by atoms with Crippen molar-refractivity contribution >= 4 is 40.7 Å². The number of urea groups is 1. The summed E-state index contributed by atoms with van der Waals surface area (Å²) in [5, 5.41) is 11.9. The Labute approximate surface area is 230 Å². The second kappa shape index (κ2) is 15.3. The lowest BCUT2D eigenvalue weighted by Crippen LogP contribution is -2.43. The van der Waals surface area contributed by atoms with Gasteiger partial charge in [0, 0.05) is 43.1 Å². The van der Waals surface area contributed by atoms with E-state index in [-0.39, 0.29) is 11.7 Å². The van der Waals surface area contributed by atoms with E-state index in [1.165, 1.54) is 17.8 Å². The summed E-state index contributed by atoms with van der Waals surface area (Å²) in [5.41, 5.74) is 1.33. The number of likely N-dealkylation sites (N-methyl/N-ethyl adjacent to an activating group) is 1. The van der Waals surface area contributed by atoms with E-state index in [0.717, 1.165) is 31.4 Å². The molecule has 4 amide bonds. The van der Waals surface area contributed by atoms with E-state index in [4.69, 9.17) is 4.74 Å². The summed E-state index contributed by atoms with van der Waals surface area (Å²) in [6.45, 7) is 9.84. The van der Waals surface area contributed by atoms with Crippen LogP contribution in [-0.4, -0.2) is 72.1 Å². The maximum absolute atomic E-state index is 12.8. The van der Waals surface area contributed by atoms with Crippen molar-refractivity contribution in [2.75, 3.05) is 44.4 Å². The number of ether oxygens (including phenoxy) is 1. The fraction of sp³-hybridized carbons (Fsp3) is 0.556. The summed E-state index contributed by atoms with van der Waals surface area (Å²) in [6, 6.07) is 3.32. The third kappa shape index (κ3) is 11.5. The van der Waals surface area contributed by atoms with Crippen molar-refractivity contribution < 1.29 is 19.1 Å². The molecule has 2 aromatic heterocycles. The van der Waals surface area contributed by atoms with E-state index < -0.39 is 17.6 Å². The molecule has 3 N–H and O–H groups in total. The highest BCUT2D eigenvalue weighted by Gasteiger charge is 2.19. The summed E-state index contributed by atoms with van der Waals surface area (Å²) in [7, 11) is 3.94. The molecular weight excluding hydrogens is 504 g/mol. The molecule has 0 atom stereocenters. The smallest absolute Gasteiger partial charge is 0.412 e. The van der Waals surface area contributed by atoms with Gasteiger partial charge in [0.2, 0.25) is 0 Å². The maximum atomic E-state index is 12.8. The van der Waals surface area contributed by atoms with Gasteiger partial charge in [-0.15, -0.1) is 11.3 Å². The van der Waals surface area contributed by atoms with E-state index in [1.54, 1.807) is 54.8 Å². The number of thiophene rings is 1. The van der Waals surface area contributed by atoms with Crippen LogP contribution in [-0.2, 0) is 11.3 Å². The number of hydrogen-bond donors (Lipinski definition) is 3. The lowest BCUT2D eigenvalue weighted by atomic mass is 10.2. The van der Waals surface area contributed by atoms with Gasteiger partial charge in [-0.25, -0.2) is 9.59 Å². The number of carbonyl (C=O) groups excluding carboxylic acids is 3. The number of anilines is 2. The maximum Gasteiger partial charge on any atom is 0.412 e. The highest BCUT2D eigenvalue weighted by Crippen LogP contribution is 2.27. The van der Waals surface area contributed by atoms with Crippen molar-refractivity contribution in [2.45, 2.75) is 65.5 Å². The van der Waals surface area contributed by atoms with E-state index in [0.29, 0.717) is 31.0 Å². The van der Waals surface area contributed by atoms with Gasteiger partial charge in [0.1, 0.15) is 11.3 Å².